The molecule has 0 aliphatic carbocycles. The summed E-state index contributed by atoms with van der Waals surface area (Å²) in [7, 11) is -2.12. The van der Waals surface area contributed by atoms with Crippen LogP contribution in [0.2, 0.25) is 0 Å². The van der Waals surface area contributed by atoms with Crippen LogP contribution in [0.3, 0.4) is 0 Å². The van der Waals surface area contributed by atoms with Gasteiger partial charge in [0.25, 0.3) is 0 Å². The van der Waals surface area contributed by atoms with E-state index in [0.717, 1.165) is 34.8 Å². The number of carbonyl (C=O) groups excluding carboxylic acids is 2. The Hall–Kier alpha value is -2.99. The Labute approximate surface area is 225 Å². The van der Waals surface area contributed by atoms with Gasteiger partial charge in [-0.2, -0.15) is 4.31 Å². The molecule has 2 aromatic carbocycles. The monoisotopic (exact) mass is 546 g/mol. The molecule has 1 unspecified atom stereocenters. The normalized spacial score (nSPS) is 15.2. The summed E-state index contributed by atoms with van der Waals surface area (Å²) in [5.41, 5.74) is 1.56. The minimum Gasteiger partial charge on any atom is -0.497 e. The Kier molecular flexibility index (Phi) is 11.1. The number of benzene rings is 2. The van der Waals surface area contributed by atoms with Gasteiger partial charge in [-0.3, -0.25) is 14.5 Å². The number of amides is 2. The van der Waals surface area contributed by atoms with E-state index < -0.39 is 22.0 Å². The number of methoxy groups -OCH3 is 1. The van der Waals surface area contributed by atoms with E-state index in [1.165, 1.54) is 4.90 Å². The maximum absolute atomic E-state index is 13.6. The molecule has 208 valence electrons. The van der Waals surface area contributed by atoms with Crippen LogP contribution in [-0.4, -0.2) is 99.7 Å². The van der Waals surface area contributed by atoms with Crippen molar-refractivity contribution in [2.75, 3.05) is 59.3 Å². The van der Waals surface area contributed by atoms with Crippen LogP contribution in [0.25, 0.3) is 0 Å². The van der Waals surface area contributed by atoms with Crippen molar-refractivity contribution in [3.63, 3.8) is 0 Å². The Morgan fingerprint density at radius 3 is 2.26 bits per heavy atom. The summed E-state index contributed by atoms with van der Waals surface area (Å²) in [5.74, 6) is -0.0845. The molecule has 0 saturated carbocycles. The van der Waals surface area contributed by atoms with Crippen LogP contribution in [-0.2, 0) is 37.4 Å². The second-order valence-corrected chi connectivity index (χ2v) is 11.3. The van der Waals surface area contributed by atoms with Crippen LogP contribution in [0.1, 0.15) is 18.1 Å². The molecule has 1 heterocycles. The molecule has 10 nitrogen and oxygen atoms in total. The molecule has 1 N–H and O–H groups in total. The van der Waals surface area contributed by atoms with Gasteiger partial charge in [-0.1, -0.05) is 42.5 Å². The molecule has 2 amide bonds. The fourth-order valence-electron chi connectivity index (χ4n) is 4.14. The molecule has 2 aromatic rings. The zero-order valence-electron chi connectivity index (χ0n) is 22.3. The van der Waals surface area contributed by atoms with Crippen molar-refractivity contribution in [3.8, 4) is 5.75 Å². The zero-order chi connectivity index (χ0) is 27.5. The maximum Gasteiger partial charge on any atom is 0.242 e. The fraction of sp³-hybridized carbons (Fsp3) is 0.481. The van der Waals surface area contributed by atoms with Crippen molar-refractivity contribution >= 4 is 21.8 Å². The summed E-state index contributed by atoms with van der Waals surface area (Å²) in [6.45, 7) is 5.59. The molecule has 0 bridgehead atoms. The number of morpholine rings is 1. The van der Waals surface area contributed by atoms with E-state index in [9.17, 15) is 18.0 Å². The number of sulfonamides is 1. The van der Waals surface area contributed by atoms with Gasteiger partial charge in [0.2, 0.25) is 21.8 Å². The largest absolute Gasteiger partial charge is 0.497 e. The number of nitrogens with zero attached hydrogens (tertiary/aromatic N) is 3. The first-order valence-electron chi connectivity index (χ1n) is 12.7. The molecule has 1 atom stereocenters. The molecule has 1 aliphatic rings. The van der Waals surface area contributed by atoms with Crippen molar-refractivity contribution in [1.29, 1.82) is 0 Å². The predicted octanol–water partition coefficient (Wildman–Crippen LogP) is 1.32. The van der Waals surface area contributed by atoms with Crippen molar-refractivity contribution in [3.05, 3.63) is 65.7 Å². The fourth-order valence-corrected chi connectivity index (χ4v) is 4.87. The van der Waals surface area contributed by atoms with Gasteiger partial charge in [-0.25, -0.2) is 8.42 Å². The van der Waals surface area contributed by atoms with Gasteiger partial charge in [0.15, 0.2) is 0 Å². The lowest BCUT2D eigenvalue weighted by Gasteiger charge is -2.31. The van der Waals surface area contributed by atoms with Crippen LogP contribution in [0, 0.1) is 0 Å². The molecule has 0 aromatic heterocycles. The molecular formula is C27H38N4O6S. The van der Waals surface area contributed by atoms with Gasteiger partial charge in [-0.05, 0) is 30.2 Å². The van der Waals surface area contributed by atoms with E-state index >= 15 is 0 Å². The third kappa shape index (κ3) is 9.09. The summed E-state index contributed by atoms with van der Waals surface area (Å²) in [4.78, 5) is 30.3. The van der Waals surface area contributed by atoms with Gasteiger partial charge in [0, 0.05) is 39.3 Å². The van der Waals surface area contributed by atoms with Gasteiger partial charge in [0.05, 0.1) is 33.1 Å². The van der Waals surface area contributed by atoms with E-state index in [-0.39, 0.29) is 25.5 Å². The standard InChI is InChI=1S/C27H38N4O6S/c1-22(27(33)28-13-14-29-15-17-37-18-16-29)31(20-24-9-11-25(36-2)12-10-24)26(32)21-30(38(3,34)35)19-23-7-5-4-6-8-23/h4-12,22H,13-21H2,1-3H3,(H,28,33). The summed E-state index contributed by atoms with van der Waals surface area (Å²) >= 11 is 0. The van der Waals surface area contributed by atoms with Gasteiger partial charge in [-0.15, -0.1) is 0 Å². The summed E-state index contributed by atoms with van der Waals surface area (Å²) in [6, 6.07) is 15.5. The Bertz CT molecular complexity index is 1140. The van der Waals surface area contributed by atoms with Gasteiger partial charge >= 0.3 is 0 Å². The van der Waals surface area contributed by atoms with E-state index in [2.05, 4.69) is 10.2 Å². The highest BCUT2D eigenvalue weighted by Gasteiger charge is 2.30. The molecule has 0 spiro atoms. The van der Waals surface area contributed by atoms with Crippen LogP contribution in [0.4, 0.5) is 0 Å². The quantitative estimate of drug-likeness (QED) is 0.404. The van der Waals surface area contributed by atoms with Gasteiger partial charge < -0.3 is 19.7 Å². The minimum absolute atomic E-state index is 0.0575. The Morgan fingerprint density at radius 1 is 1.03 bits per heavy atom. The molecule has 1 saturated heterocycles. The summed E-state index contributed by atoms with van der Waals surface area (Å²) in [6.07, 6.45) is 1.08. The third-order valence-corrected chi connectivity index (χ3v) is 7.69. The maximum atomic E-state index is 13.6. The number of hydrogen-bond acceptors (Lipinski definition) is 7. The summed E-state index contributed by atoms with van der Waals surface area (Å²) < 4.78 is 36.8. The molecule has 3 rings (SSSR count). The number of rotatable bonds is 13. The highest BCUT2D eigenvalue weighted by atomic mass is 32.2. The average molecular weight is 547 g/mol. The van der Waals surface area contributed by atoms with Crippen LogP contribution < -0.4 is 10.1 Å². The molecule has 1 fully saturated rings. The van der Waals surface area contributed by atoms with Crippen molar-refractivity contribution in [2.24, 2.45) is 0 Å². The molecule has 38 heavy (non-hydrogen) atoms. The predicted molar refractivity (Wildman–Crippen MR) is 145 cm³/mol. The molecule has 11 heteroatoms. The molecule has 0 radical (unpaired) electrons. The first-order valence-corrected chi connectivity index (χ1v) is 14.5. The SMILES string of the molecule is COc1ccc(CN(C(=O)CN(Cc2ccccc2)S(C)(=O)=O)C(C)C(=O)NCCN2CCOCC2)cc1. The number of hydrogen-bond donors (Lipinski definition) is 1. The van der Waals surface area contributed by atoms with E-state index in [4.69, 9.17) is 9.47 Å². The molecular weight excluding hydrogens is 508 g/mol. The van der Waals surface area contributed by atoms with Crippen LogP contribution >= 0.6 is 0 Å². The van der Waals surface area contributed by atoms with Crippen molar-refractivity contribution in [1.82, 2.24) is 19.4 Å². The van der Waals surface area contributed by atoms with Gasteiger partial charge in [0.1, 0.15) is 11.8 Å². The zero-order valence-corrected chi connectivity index (χ0v) is 23.2. The summed E-state index contributed by atoms with van der Waals surface area (Å²) in [5, 5.41) is 2.93. The lowest BCUT2D eigenvalue weighted by molar-refractivity contribution is -0.140. The van der Waals surface area contributed by atoms with Crippen molar-refractivity contribution in [2.45, 2.75) is 26.1 Å². The third-order valence-electron chi connectivity index (χ3n) is 6.49. The lowest BCUT2D eigenvalue weighted by atomic mass is 10.1. The number of nitrogens with one attached hydrogen (secondary N) is 1. The Balaban J connectivity index is 1.74. The Morgan fingerprint density at radius 2 is 1.66 bits per heavy atom. The second-order valence-electron chi connectivity index (χ2n) is 9.31. The highest BCUT2D eigenvalue weighted by Crippen LogP contribution is 2.16. The number of ether oxygens (including phenoxy) is 2. The average Bonchev–Trinajstić information content (AvgIpc) is 2.92. The molecule has 1 aliphatic heterocycles. The second kappa shape index (κ2) is 14.2. The highest BCUT2D eigenvalue weighted by molar-refractivity contribution is 7.88. The lowest BCUT2D eigenvalue weighted by Crippen LogP contribution is -2.52. The minimum atomic E-state index is -3.69. The van der Waals surface area contributed by atoms with Crippen LogP contribution in [0.15, 0.2) is 54.6 Å². The first-order chi connectivity index (χ1) is 18.2. The van der Waals surface area contributed by atoms with Crippen molar-refractivity contribution < 1.29 is 27.5 Å². The topological polar surface area (TPSA) is 108 Å². The van der Waals surface area contributed by atoms with E-state index in [1.807, 2.05) is 42.5 Å². The first kappa shape index (κ1) is 29.6. The van der Waals surface area contributed by atoms with Crippen LogP contribution in [0.5, 0.6) is 5.75 Å². The van der Waals surface area contributed by atoms with E-state index in [1.54, 1.807) is 26.2 Å². The van der Waals surface area contributed by atoms with E-state index in [0.29, 0.717) is 32.1 Å². The number of carbonyl (C=O) groups is 2. The smallest absolute Gasteiger partial charge is 0.242 e.